The van der Waals surface area contributed by atoms with Crippen LogP contribution >= 0.6 is 15.9 Å². The van der Waals surface area contributed by atoms with E-state index in [1.165, 1.54) is 10.9 Å². The van der Waals surface area contributed by atoms with E-state index < -0.39 is 23.6 Å². The molecule has 0 aliphatic heterocycles. The molecule has 1 atom stereocenters. The highest BCUT2D eigenvalue weighted by Gasteiger charge is 2.27. The third-order valence-electron chi connectivity index (χ3n) is 3.18. The first-order valence-corrected chi connectivity index (χ1v) is 7.55. The number of carbonyl (C=O) groups is 3. The summed E-state index contributed by atoms with van der Waals surface area (Å²) >= 11 is 3.17. The van der Waals surface area contributed by atoms with Crippen LogP contribution in [0.25, 0.3) is 0 Å². The molecule has 1 heterocycles. The van der Waals surface area contributed by atoms with E-state index in [9.17, 15) is 14.4 Å². The molecule has 3 N–H and O–H groups in total. The number of rotatable bonds is 6. The minimum Gasteiger partial charge on any atom is -0.363 e. The highest BCUT2D eigenvalue weighted by molar-refractivity contribution is 9.10. The molecule has 2 rings (SSSR count). The summed E-state index contributed by atoms with van der Waals surface area (Å²) in [5, 5.41) is 6.54. The van der Waals surface area contributed by atoms with Gasteiger partial charge in [0.15, 0.2) is 0 Å². The fraction of sp³-hybridized carbons (Fsp3) is 0.200. The number of nitrogens with zero attached hydrogens (tertiary/aromatic N) is 2. The quantitative estimate of drug-likeness (QED) is 0.716. The van der Waals surface area contributed by atoms with Crippen molar-refractivity contribution in [2.45, 2.75) is 12.5 Å². The van der Waals surface area contributed by atoms with Gasteiger partial charge in [-0.1, -0.05) is 30.3 Å². The first-order valence-electron chi connectivity index (χ1n) is 6.76. The van der Waals surface area contributed by atoms with Gasteiger partial charge in [0.25, 0.3) is 11.8 Å². The molecular weight excluding hydrogens is 364 g/mol. The van der Waals surface area contributed by atoms with E-state index in [-0.39, 0.29) is 12.0 Å². The maximum absolute atomic E-state index is 12.3. The summed E-state index contributed by atoms with van der Waals surface area (Å²) in [6.07, 6.45) is 1.68. The second-order valence-electron chi connectivity index (χ2n) is 4.95. The lowest BCUT2D eigenvalue weighted by atomic mass is 10.0. The summed E-state index contributed by atoms with van der Waals surface area (Å²) in [5.41, 5.74) is 6.14. The lowest BCUT2D eigenvalue weighted by Gasteiger charge is -2.16. The van der Waals surface area contributed by atoms with E-state index in [0.29, 0.717) is 4.60 Å². The zero-order valence-electron chi connectivity index (χ0n) is 12.3. The molecule has 2 amide bonds. The van der Waals surface area contributed by atoms with Crippen molar-refractivity contribution >= 4 is 33.5 Å². The summed E-state index contributed by atoms with van der Waals surface area (Å²) in [6.45, 7) is 0. The molecule has 1 aromatic carbocycles. The number of aryl methyl sites for hydroxylation is 1. The average molecular weight is 379 g/mol. The van der Waals surface area contributed by atoms with Crippen molar-refractivity contribution in [3.63, 3.8) is 0 Å². The molecule has 7 nitrogen and oxygen atoms in total. The Hall–Kier alpha value is -2.48. The second kappa shape index (κ2) is 7.19. The van der Waals surface area contributed by atoms with E-state index in [4.69, 9.17) is 5.73 Å². The summed E-state index contributed by atoms with van der Waals surface area (Å²) in [5.74, 6) is -2.45. The van der Waals surface area contributed by atoms with Gasteiger partial charge < -0.3 is 11.1 Å². The fourth-order valence-corrected chi connectivity index (χ4v) is 2.61. The molecule has 0 saturated carbocycles. The van der Waals surface area contributed by atoms with Crippen molar-refractivity contribution in [1.29, 1.82) is 0 Å². The van der Waals surface area contributed by atoms with Crippen LogP contribution in [-0.2, 0) is 23.1 Å². The minimum absolute atomic E-state index is 0.173. The third-order valence-corrected chi connectivity index (χ3v) is 3.76. The zero-order valence-corrected chi connectivity index (χ0v) is 13.9. The molecule has 0 aliphatic rings. The minimum atomic E-state index is -1.09. The van der Waals surface area contributed by atoms with Crippen molar-refractivity contribution in [2.24, 2.45) is 12.8 Å². The molecule has 0 fully saturated rings. The van der Waals surface area contributed by atoms with Crippen molar-refractivity contribution in [1.82, 2.24) is 15.1 Å². The molecule has 0 bridgehead atoms. The average Bonchev–Trinajstić information content (AvgIpc) is 2.85. The van der Waals surface area contributed by atoms with Gasteiger partial charge in [-0.3, -0.25) is 19.1 Å². The molecule has 0 radical (unpaired) electrons. The van der Waals surface area contributed by atoms with Crippen molar-refractivity contribution in [2.75, 3.05) is 0 Å². The maximum atomic E-state index is 12.3. The van der Waals surface area contributed by atoms with Gasteiger partial charge in [-0.15, -0.1) is 0 Å². The van der Waals surface area contributed by atoms with Crippen molar-refractivity contribution in [3.05, 3.63) is 52.3 Å². The van der Waals surface area contributed by atoms with Gasteiger partial charge in [-0.25, -0.2) is 0 Å². The van der Waals surface area contributed by atoms with E-state index in [1.807, 2.05) is 6.07 Å². The van der Waals surface area contributed by atoms with Crippen LogP contribution in [0.5, 0.6) is 0 Å². The first-order chi connectivity index (χ1) is 10.9. The zero-order chi connectivity index (χ0) is 17.0. The monoisotopic (exact) mass is 378 g/mol. The molecule has 1 aromatic heterocycles. The number of aromatic nitrogens is 2. The lowest BCUT2D eigenvalue weighted by molar-refractivity contribution is -0.137. The second-order valence-corrected chi connectivity index (χ2v) is 5.70. The molecule has 120 valence electrons. The first kappa shape index (κ1) is 16.9. The number of hydrogen-bond donors (Lipinski definition) is 2. The van der Waals surface area contributed by atoms with Gasteiger partial charge in [0.1, 0.15) is 10.6 Å². The fourth-order valence-electron chi connectivity index (χ4n) is 2.08. The van der Waals surface area contributed by atoms with Gasteiger partial charge in [0, 0.05) is 19.7 Å². The highest BCUT2D eigenvalue weighted by Crippen LogP contribution is 2.14. The Balaban J connectivity index is 2.20. The van der Waals surface area contributed by atoms with Crippen LogP contribution < -0.4 is 11.1 Å². The Morgan fingerprint density at radius 2 is 1.96 bits per heavy atom. The number of nitrogens with two attached hydrogens (primary N) is 1. The normalized spacial score (nSPS) is 11.7. The Bertz CT molecular complexity index is 742. The van der Waals surface area contributed by atoms with E-state index in [1.54, 1.807) is 31.3 Å². The number of benzene rings is 1. The number of amides is 2. The van der Waals surface area contributed by atoms with Crippen LogP contribution in [0.1, 0.15) is 15.9 Å². The predicted molar refractivity (Wildman–Crippen MR) is 86.5 cm³/mol. The number of ketones is 1. The van der Waals surface area contributed by atoms with Crippen molar-refractivity contribution in [3.8, 4) is 0 Å². The van der Waals surface area contributed by atoms with E-state index >= 15 is 0 Å². The molecule has 1 unspecified atom stereocenters. The number of halogens is 1. The Labute approximate surface area is 141 Å². The Morgan fingerprint density at radius 1 is 1.30 bits per heavy atom. The Morgan fingerprint density at radius 3 is 2.48 bits per heavy atom. The topological polar surface area (TPSA) is 107 Å². The smallest absolute Gasteiger partial charge is 0.287 e. The SMILES string of the molecule is Cn1cc(C(=O)NC(Cc2ccccc2)C(=O)C(N)=O)c(Br)n1. The Kier molecular flexibility index (Phi) is 5.28. The number of primary amides is 1. The summed E-state index contributed by atoms with van der Waals surface area (Å²) < 4.78 is 1.81. The third kappa shape index (κ3) is 4.26. The number of hydrogen-bond acceptors (Lipinski definition) is 4. The van der Waals surface area contributed by atoms with Crippen LogP contribution in [-0.4, -0.2) is 33.4 Å². The van der Waals surface area contributed by atoms with Gasteiger partial charge in [0.2, 0.25) is 5.78 Å². The number of nitrogens with one attached hydrogen (secondary N) is 1. The molecule has 23 heavy (non-hydrogen) atoms. The molecule has 8 heteroatoms. The molecular formula is C15H15BrN4O3. The van der Waals surface area contributed by atoms with E-state index in [0.717, 1.165) is 5.56 Å². The molecule has 2 aromatic rings. The number of carbonyl (C=O) groups excluding carboxylic acids is 3. The molecule has 0 spiro atoms. The molecule has 0 saturated heterocycles. The van der Waals surface area contributed by atoms with E-state index in [2.05, 4.69) is 26.3 Å². The summed E-state index contributed by atoms with van der Waals surface area (Å²) in [7, 11) is 1.66. The highest BCUT2D eigenvalue weighted by atomic mass is 79.9. The van der Waals surface area contributed by atoms with Gasteiger partial charge >= 0.3 is 0 Å². The standard InChI is InChI=1S/C15H15BrN4O3/c1-20-8-10(13(16)19-20)15(23)18-11(12(21)14(17)22)7-9-5-3-2-4-6-9/h2-6,8,11H,7H2,1H3,(H2,17,22)(H,18,23). The lowest BCUT2D eigenvalue weighted by Crippen LogP contribution is -2.47. The number of Topliss-reactive ketones (excluding diaryl/α,β-unsaturated/α-hetero) is 1. The van der Waals surface area contributed by atoms with Crippen LogP contribution in [0.4, 0.5) is 0 Å². The van der Waals surface area contributed by atoms with Crippen molar-refractivity contribution < 1.29 is 14.4 Å². The largest absolute Gasteiger partial charge is 0.363 e. The van der Waals surface area contributed by atoms with Crippen LogP contribution in [0.2, 0.25) is 0 Å². The molecule has 0 aliphatic carbocycles. The summed E-state index contributed by atoms with van der Waals surface area (Å²) in [6, 6.07) is 8.01. The van der Waals surface area contributed by atoms with Gasteiger partial charge in [-0.2, -0.15) is 5.10 Å². The predicted octanol–water partition coefficient (Wildman–Crippen LogP) is 0.578. The van der Waals surface area contributed by atoms with Gasteiger partial charge in [-0.05, 0) is 21.5 Å². The van der Waals surface area contributed by atoms with Gasteiger partial charge in [0.05, 0.1) is 5.56 Å². The van der Waals surface area contributed by atoms with Crippen LogP contribution in [0.15, 0.2) is 41.1 Å². The maximum Gasteiger partial charge on any atom is 0.287 e. The summed E-state index contributed by atoms with van der Waals surface area (Å²) in [4.78, 5) is 35.5. The van der Waals surface area contributed by atoms with Crippen LogP contribution in [0, 0.1) is 0 Å². The van der Waals surface area contributed by atoms with Crippen LogP contribution in [0.3, 0.4) is 0 Å².